The van der Waals surface area contributed by atoms with Gasteiger partial charge in [-0.05, 0) is 34.1 Å². The standard InChI is InChI=1S/C15H25NO5/c1-9-7-11(12(20-6)10(2)13(17)18)16(8-9)14(19)21-15(3,4)5/h10-12H,1,7-8H2,2-6H3,(H,17,18)/t10-,11?,12-/m1/s1. The van der Waals surface area contributed by atoms with E-state index in [1.165, 1.54) is 12.0 Å². The molecule has 0 radical (unpaired) electrons. The number of methoxy groups -OCH3 is 1. The van der Waals surface area contributed by atoms with Crippen LogP contribution >= 0.6 is 0 Å². The Morgan fingerprint density at radius 3 is 2.43 bits per heavy atom. The largest absolute Gasteiger partial charge is 0.481 e. The highest BCUT2D eigenvalue weighted by Crippen LogP contribution is 2.30. The van der Waals surface area contributed by atoms with Crippen molar-refractivity contribution in [3.8, 4) is 0 Å². The van der Waals surface area contributed by atoms with Crippen molar-refractivity contribution in [2.24, 2.45) is 5.92 Å². The van der Waals surface area contributed by atoms with Gasteiger partial charge in [-0.3, -0.25) is 9.69 Å². The van der Waals surface area contributed by atoms with Crippen LogP contribution in [-0.2, 0) is 14.3 Å². The van der Waals surface area contributed by atoms with Crippen molar-refractivity contribution in [1.29, 1.82) is 0 Å². The molecule has 3 atom stereocenters. The summed E-state index contributed by atoms with van der Waals surface area (Å²) >= 11 is 0. The molecule has 0 saturated carbocycles. The van der Waals surface area contributed by atoms with Crippen molar-refractivity contribution in [3.63, 3.8) is 0 Å². The average molecular weight is 299 g/mol. The summed E-state index contributed by atoms with van der Waals surface area (Å²) in [6.07, 6.45) is -0.546. The van der Waals surface area contributed by atoms with E-state index in [1.54, 1.807) is 27.7 Å². The fourth-order valence-corrected chi connectivity index (χ4v) is 2.48. The molecule has 1 fully saturated rings. The van der Waals surface area contributed by atoms with Crippen molar-refractivity contribution in [2.75, 3.05) is 13.7 Å². The number of likely N-dealkylation sites (tertiary alicyclic amines) is 1. The molecule has 21 heavy (non-hydrogen) atoms. The zero-order valence-corrected chi connectivity index (χ0v) is 13.4. The Bertz CT molecular complexity index is 426. The van der Waals surface area contributed by atoms with Crippen LogP contribution in [0.25, 0.3) is 0 Å². The highest BCUT2D eigenvalue weighted by Gasteiger charge is 2.42. The lowest BCUT2D eigenvalue weighted by Gasteiger charge is -2.33. The molecule has 0 aromatic carbocycles. The Hall–Kier alpha value is -1.56. The van der Waals surface area contributed by atoms with Crippen molar-refractivity contribution in [1.82, 2.24) is 4.90 Å². The highest BCUT2D eigenvalue weighted by molar-refractivity contribution is 5.72. The molecule has 1 saturated heterocycles. The van der Waals surface area contributed by atoms with Crippen LogP contribution < -0.4 is 0 Å². The monoisotopic (exact) mass is 299 g/mol. The lowest BCUT2D eigenvalue weighted by molar-refractivity contribution is -0.147. The molecule has 6 heteroatoms. The minimum absolute atomic E-state index is 0.367. The molecule has 1 amide bonds. The summed E-state index contributed by atoms with van der Waals surface area (Å²) in [5.74, 6) is -1.68. The van der Waals surface area contributed by atoms with Gasteiger partial charge >= 0.3 is 12.1 Å². The van der Waals surface area contributed by atoms with Crippen molar-refractivity contribution < 1.29 is 24.2 Å². The molecule has 1 unspecified atom stereocenters. The number of hydrogen-bond donors (Lipinski definition) is 1. The minimum Gasteiger partial charge on any atom is -0.481 e. The molecule has 0 spiro atoms. The van der Waals surface area contributed by atoms with Gasteiger partial charge in [0.2, 0.25) is 0 Å². The molecular weight excluding hydrogens is 274 g/mol. The third kappa shape index (κ3) is 4.46. The summed E-state index contributed by atoms with van der Waals surface area (Å²) in [4.78, 5) is 25.0. The van der Waals surface area contributed by atoms with E-state index in [2.05, 4.69) is 6.58 Å². The van der Waals surface area contributed by atoms with Gasteiger partial charge in [0.15, 0.2) is 0 Å². The van der Waals surface area contributed by atoms with E-state index in [4.69, 9.17) is 9.47 Å². The van der Waals surface area contributed by atoms with E-state index in [0.717, 1.165) is 5.57 Å². The first-order valence-electron chi connectivity index (χ1n) is 6.98. The fraction of sp³-hybridized carbons (Fsp3) is 0.733. The predicted octanol–water partition coefficient (Wildman–Crippen LogP) is 2.29. The number of hydrogen-bond acceptors (Lipinski definition) is 4. The number of rotatable bonds is 4. The summed E-state index contributed by atoms with van der Waals surface area (Å²) < 4.78 is 10.7. The van der Waals surface area contributed by atoms with E-state index in [1.807, 2.05) is 0 Å². The SMILES string of the molecule is C=C1CC([C@H](OC)[C@@H](C)C(=O)O)N(C(=O)OC(C)(C)C)C1. The molecular formula is C15H25NO5. The molecule has 1 aliphatic rings. The summed E-state index contributed by atoms with van der Waals surface area (Å²) in [6.45, 7) is 11.2. The van der Waals surface area contributed by atoms with Gasteiger partial charge < -0.3 is 14.6 Å². The van der Waals surface area contributed by atoms with Gasteiger partial charge in [0.05, 0.1) is 18.1 Å². The Balaban J connectivity index is 2.94. The zero-order valence-electron chi connectivity index (χ0n) is 13.4. The topological polar surface area (TPSA) is 76.1 Å². The number of carboxylic acid groups (broad SMARTS) is 1. The summed E-state index contributed by atoms with van der Waals surface area (Å²) in [6, 6.07) is -0.372. The van der Waals surface area contributed by atoms with Gasteiger partial charge in [-0.2, -0.15) is 0 Å². The quantitative estimate of drug-likeness (QED) is 0.806. The molecule has 1 heterocycles. The number of nitrogens with zero attached hydrogens (tertiary/aromatic N) is 1. The van der Waals surface area contributed by atoms with Gasteiger partial charge in [-0.25, -0.2) is 4.79 Å². The van der Waals surface area contributed by atoms with E-state index >= 15 is 0 Å². The van der Waals surface area contributed by atoms with Crippen molar-refractivity contribution in [2.45, 2.75) is 51.9 Å². The number of amides is 1. The molecule has 1 rings (SSSR count). The van der Waals surface area contributed by atoms with Crippen LogP contribution in [0, 0.1) is 5.92 Å². The number of aliphatic carboxylic acids is 1. The second-order valence-electron chi connectivity index (χ2n) is 6.46. The maximum Gasteiger partial charge on any atom is 0.410 e. The third-order valence-corrected chi connectivity index (χ3v) is 3.45. The van der Waals surface area contributed by atoms with Gasteiger partial charge in [0.25, 0.3) is 0 Å². The maximum atomic E-state index is 12.3. The molecule has 0 aromatic heterocycles. The normalized spacial score (nSPS) is 22.0. The Morgan fingerprint density at radius 2 is 2.00 bits per heavy atom. The molecule has 6 nitrogen and oxygen atoms in total. The van der Waals surface area contributed by atoms with E-state index in [-0.39, 0.29) is 6.04 Å². The van der Waals surface area contributed by atoms with Crippen LogP contribution in [0.3, 0.4) is 0 Å². The summed E-state index contributed by atoms with van der Waals surface area (Å²) in [5.41, 5.74) is 0.262. The second-order valence-corrected chi connectivity index (χ2v) is 6.46. The number of ether oxygens (including phenoxy) is 2. The molecule has 0 aromatic rings. The zero-order chi connectivity index (χ0) is 16.4. The number of carboxylic acids is 1. The molecule has 120 valence electrons. The Kier molecular flexibility index (Phi) is 5.39. The fourth-order valence-electron chi connectivity index (χ4n) is 2.48. The van der Waals surface area contributed by atoms with E-state index in [0.29, 0.717) is 13.0 Å². The minimum atomic E-state index is -0.955. The van der Waals surface area contributed by atoms with Crippen molar-refractivity contribution in [3.05, 3.63) is 12.2 Å². The molecule has 1 aliphatic heterocycles. The lowest BCUT2D eigenvalue weighted by atomic mass is 9.95. The van der Waals surface area contributed by atoms with Crippen molar-refractivity contribution >= 4 is 12.1 Å². The van der Waals surface area contributed by atoms with Gasteiger partial charge in [0, 0.05) is 13.7 Å². The first-order valence-corrected chi connectivity index (χ1v) is 6.98. The van der Waals surface area contributed by atoms with Gasteiger partial charge in [-0.15, -0.1) is 0 Å². The highest BCUT2D eigenvalue weighted by atomic mass is 16.6. The van der Waals surface area contributed by atoms with E-state index in [9.17, 15) is 14.7 Å². The average Bonchev–Trinajstić information content (AvgIpc) is 2.70. The van der Waals surface area contributed by atoms with Crippen LogP contribution in [0.2, 0.25) is 0 Å². The predicted molar refractivity (Wildman–Crippen MR) is 78.1 cm³/mol. The Morgan fingerprint density at radius 1 is 1.43 bits per heavy atom. The number of carbonyl (C=O) groups excluding carboxylic acids is 1. The van der Waals surface area contributed by atoms with Crippen LogP contribution in [0.4, 0.5) is 4.79 Å². The Labute approximate surface area is 125 Å². The van der Waals surface area contributed by atoms with Gasteiger partial charge in [-0.1, -0.05) is 12.2 Å². The lowest BCUT2D eigenvalue weighted by Crippen LogP contribution is -2.49. The van der Waals surface area contributed by atoms with Crippen LogP contribution in [0.15, 0.2) is 12.2 Å². The number of carbonyl (C=O) groups is 2. The summed E-state index contributed by atoms with van der Waals surface area (Å²) in [7, 11) is 1.46. The first kappa shape index (κ1) is 17.5. The first-order chi connectivity index (χ1) is 9.56. The molecule has 0 bridgehead atoms. The van der Waals surface area contributed by atoms with E-state index < -0.39 is 29.7 Å². The third-order valence-electron chi connectivity index (χ3n) is 3.45. The second kappa shape index (κ2) is 6.47. The van der Waals surface area contributed by atoms with Gasteiger partial charge in [0.1, 0.15) is 5.60 Å². The van der Waals surface area contributed by atoms with Crippen LogP contribution in [0.1, 0.15) is 34.1 Å². The molecule has 0 aliphatic carbocycles. The summed E-state index contributed by atoms with van der Waals surface area (Å²) in [5, 5.41) is 9.18. The maximum absolute atomic E-state index is 12.3. The molecule has 1 N–H and O–H groups in total. The van der Waals surface area contributed by atoms with Crippen LogP contribution in [0.5, 0.6) is 0 Å². The smallest absolute Gasteiger partial charge is 0.410 e. The van der Waals surface area contributed by atoms with Crippen LogP contribution in [-0.4, -0.2) is 53.5 Å².